The molecule has 5 heteroatoms. The van der Waals surface area contributed by atoms with Gasteiger partial charge in [0.15, 0.2) is 5.13 Å². The van der Waals surface area contributed by atoms with Crippen LogP contribution in [0.3, 0.4) is 0 Å². The Hall–Kier alpha value is -0.260. The minimum Gasteiger partial charge on any atom is -0.347 e. The average Bonchev–Trinajstić information content (AvgIpc) is 2.96. The second-order valence-electron chi connectivity index (χ2n) is 4.03. The van der Waals surface area contributed by atoms with Gasteiger partial charge in [-0.2, -0.15) is 11.8 Å². The van der Waals surface area contributed by atoms with Crippen molar-refractivity contribution in [2.45, 2.75) is 25.9 Å². The second kappa shape index (κ2) is 5.89. The molecule has 16 heavy (non-hydrogen) atoms. The summed E-state index contributed by atoms with van der Waals surface area (Å²) in [7, 11) is 2.17. The number of anilines is 1. The van der Waals surface area contributed by atoms with E-state index in [0.29, 0.717) is 6.04 Å². The largest absolute Gasteiger partial charge is 0.347 e. The van der Waals surface area contributed by atoms with Gasteiger partial charge in [-0.25, -0.2) is 4.98 Å². The Kier molecular flexibility index (Phi) is 4.49. The first-order chi connectivity index (χ1) is 7.81. The Morgan fingerprint density at radius 1 is 1.62 bits per heavy atom. The first-order valence-corrected chi connectivity index (χ1v) is 7.80. The molecule has 1 aliphatic rings. The van der Waals surface area contributed by atoms with E-state index in [4.69, 9.17) is 0 Å². The average molecular weight is 257 g/mol. The monoisotopic (exact) mass is 257 g/mol. The maximum Gasteiger partial charge on any atom is 0.185 e. The molecule has 0 amide bonds. The molecular formula is C11H19N3S2. The van der Waals surface area contributed by atoms with Crippen molar-refractivity contribution in [2.24, 2.45) is 0 Å². The summed E-state index contributed by atoms with van der Waals surface area (Å²) in [6.07, 6.45) is 1.29. The second-order valence-corrected chi connectivity index (χ2v) is 6.02. The summed E-state index contributed by atoms with van der Waals surface area (Å²) >= 11 is 3.81. The molecule has 1 aliphatic heterocycles. The normalized spacial score (nSPS) is 20.2. The Bertz CT molecular complexity index is 321. The molecular weight excluding hydrogens is 238 g/mol. The molecule has 0 saturated carbocycles. The lowest BCUT2D eigenvalue weighted by Gasteiger charge is -2.22. The molecule has 0 spiro atoms. The van der Waals surface area contributed by atoms with E-state index in [0.717, 1.165) is 13.1 Å². The van der Waals surface area contributed by atoms with Gasteiger partial charge in [0.1, 0.15) is 0 Å². The predicted octanol–water partition coefficient (Wildman–Crippen LogP) is 2.19. The van der Waals surface area contributed by atoms with Crippen LogP contribution >= 0.6 is 23.1 Å². The van der Waals surface area contributed by atoms with Gasteiger partial charge >= 0.3 is 0 Å². The van der Waals surface area contributed by atoms with Crippen molar-refractivity contribution >= 4 is 28.2 Å². The number of thioether (sulfide) groups is 1. The fourth-order valence-corrected chi connectivity index (χ4v) is 3.91. The molecule has 2 heterocycles. The number of rotatable bonds is 5. The summed E-state index contributed by atoms with van der Waals surface area (Å²) in [5, 5.41) is 6.64. The van der Waals surface area contributed by atoms with Crippen molar-refractivity contribution in [3.63, 3.8) is 0 Å². The lowest BCUT2D eigenvalue weighted by atomic mass is 10.2. The van der Waals surface area contributed by atoms with Gasteiger partial charge in [-0.3, -0.25) is 0 Å². The van der Waals surface area contributed by atoms with Crippen LogP contribution in [0.15, 0.2) is 5.38 Å². The van der Waals surface area contributed by atoms with Gasteiger partial charge in [0.25, 0.3) is 0 Å². The number of nitrogens with one attached hydrogen (secondary N) is 1. The zero-order valence-corrected chi connectivity index (χ0v) is 11.5. The van der Waals surface area contributed by atoms with Gasteiger partial charge in [-0.1, -0.05) is 6.92 Å². The maximum absolute atomic E-state index is 4.66. The number of hydrogen-bond donors (Lipinski definition) is 1. The summed E-state index contributed by atoms with van der Waals surface area (Å²) in [6, 6.07) is 0.683. The summed E-state index contributed by atoms with van der Waals surface area (Å²) in [5.41, 5.74) is 1.17. The third-order valence-corrected chi connectivity index (χ3v) is 4.98. The van der Waals surface area contributed by atoms with E-state index in [1.165, 1.54) is 28.8 Å². The molecule has 0 bridgehead atoms. The van der Waals surface area contributed by atoms with E-state index in [-0.39, 0.29) is 0 Å². The first kappa shape index (κ1) is 12.2. The molecule has 1 aromatic rings. The number of aromatic nitrogens is 1. The van der Waals surface area contributed by atoms with E-state index in [1.807, 2.05) is 11.8 Å². The van der Waals surface area contributed by atoms with E-state index in [9.17, 15) is 0 Å². The zero-order valence-electron chi connectivity index (χ0n) is 9.90. The molecule has 1 saturated heterocycles. The van der Waals surface area contributed by atoms with Gasteiger partial charge in [0.2, 0.25) is 0 Å². The molecule has 1 fully saturated rings. The molecule has 0 aliphatic carbocycles. The lowest BCUT2D eigenvalue weighted by Crippen LogP contribution is -2.31. The van der Waals surface area contributed by atoms with Crippen molar-refractivity contribution in [3.8, 4) is 0 Å². The Morgan fingerprint density at radius 3 is 3.19 bits per heavy atom. The van der Waals surface area contributed by atoms with Crippen molar-refractivity contribution in [2.75, 3.05) is 30.0 Å². The van der Waals surface area contributed by atoms with Crippen molar-refractivity contribution in [3.05, 3.63) is 11.1 Å². The molecule has 1 aromatic heterocycles. The van der Waals surface area contributed by atoms with Gasteiger partial charge in [-0.15, -0.1) is 11.3 Å². The number of thiazole rings is 1. The van der Waals surface area contributed by atoms with Crippen LogP contribution in [-0.4, -0.2) is 36.1 Å². The van der Waals surface area contributed by atoms with Gasteiger partial charge < -0.3 is 10.2 Å². The SMILES string of the molecule is CCNCc1csc(N(C)C2CCSC2)n1. The molecule has 1 atom stereocenters. The zero-order chi connectivity index (χ0) is 11.4. The minimum atomic E-state index is 0.683. The van der Waals surface area contributed by atoms with Gasteiger partial charge in [0.05, 0.1) is 5.69 Å². The third kappa shape index (κ3) is 2.90. The first-order valence-electron chi connectivity index (χ1n) is 5.77. The standard InChI is InChI=1S/C11H19N3S2/c1-3-12-6-9-7-16-11(13-9)14(2)10-4-5-15-8-10/h7,10,12H,3-6,8H2,1-2H3. The molecule has 3 nitrogen and oxygen atoms in total. The Morgan fingerprint density at radius 2 is 2.50 bits per heavy atom. The fourth-order valence-electron chi connectivity index (χ4n) is 1.78. The lowest BCUT2D eigenvalue weighted by molar-refractivity contribution is 0.688. The van der Waals surface area contributed by atoms with Gasteiger partial charge in [0, 0.05) is 30.8 Å². The van der Waals surface area contributed by atoms with Crippen LogP contribution < -0.4 is 10.2 Å². The summed E-state index contributed by atoms with van der Waals surface area (Å²) < 4.78 is 0. The summed E-state index contributed by atoms with van der Waals surface area (Å²) in [4.78, 5) is 7.01. The van der Waals surface area contributed by atoms with Crippen molar-refractivity contribution in [1.82, 2.24) is 10.3 Å². The highest BCUT2D eigenvalue weighted by atomic mass is 32.2. The van der Waals surface area contributed by atoms with E-state index in [1.54, 1.807) is 11.3 Å². The topological polar surface area (TPSA) is 28.2 Å². The maximum atomic E-state index is 4.66. The number of nitrogens with zero attached hydrogens (tertiary/aromatic N) is 2. The number of hydrogen-bond acceptors (Lipinski definition) is 5. The van der Waals surface area contributed by atoms with E-state index in [2.05, 4.69) is 34.6 Å². The predicted molar refractivity (Wildman–Crippen MR) is 73.6 cm³/mol. The van der Waals surface area contributed by atoms with Crippen LogP contribution in [-0.2, 0) is 6.54 Å². The summed E-state index contributed by atoms with van der Waals surface area (Å²) in [6.45, 7) is 4.01. The third-order valence-electron chi connectivity index (χ3n) is 2.85. The molecule has 1 N–H and O–H groups in total. The highest BCUT2D eigenvalue weighted by molar-refractivity contribution is 7.99. The molecule has 0 aromatic carbocycles. The van der Waals surface area contributed by atoms with E-state index < -0.39 is 0 Å². The quantitative estimate of drug-likeness (QED) is 0.875. The van der Waals surface area contributed by atoms with Crippen LogP contribution in [0.25, 0.3) is 0 Å². The van der Waals surface area contributed by atoms with Crippen LogP contribution in [0.2, 0.25) is 0 Å². The molecule has 2 rings (SSSR count). The molecule has 0 radical (unpaired) electrons. The Labute approximate surface area is 106 Å². The van der Waals surface area contributed by atoms with Crippen LogP contribution in [0.5, 0.6) is 0 Å². The highest BCUT2D eigenvalue weighted by Gasteiger charge is 2.21. The van der Waals surface area contributed by atoms with Crippen molar-refractivity contribution < 1.29 is 0 Å². The minimum absolute atomic E-state index is 0.683. The van der Waals surface area contributed by atoms with Crippen LogP contribution in [0.4, 0.5) is 5.13 Å². The van der Waals surface area contributed by atoms with Gasteiger partial charge in [-0.05, 0) is 18.7 Å². The van der Waals surface area contributed by atoms with E-state index >= 15 is 0 Å². The van der Waals surface area contributed by atoms with Crippen molar-refractivity contribution in [1.29, 1.82) is 0 Å². The Balaban J connectivity index is 1.94. The molecule has 1 unspecified atom stereocenters. The van der Waals surface area contributed by atoms with Crippen LogP contribution in [0, 0.1) is 0 Å². The molecule has 90 valence electrons. The smallest absolute Gasteiger partial charge is 0.185 e. The van der Waals surface area contributed by atoms with Crippen LogP contribution in [0.1, 0.15) is 19.0 Å². The highest BCUT2D eigenvalue weighted by Crippen LogP contribution is 2.27. The fraction of sp³-hybridized carbons (Fsp3) is 0.727. The summed E-state index contributed by atoms with van der Waals surface area (Å²) in [5.74, 6) is 2.54.